The lowest BCUT2D eigenvalue weighted by molar-refractivity contribution is 0.142. The van der Waals surface area contributed by atoms with E-state index in [4.69, 9.17) is 21.1 Å². The van der Waals surface area contributed by atoms with Crippen molar-refractivity contribution in [3.63, 3.8) is 0 Å². The van der Waals surface area contributed by atoms with Crippen LogP contribution in [0.15, 0.2) is 45.7 Å². The van der Waals surface area contributed by atoms with Gasteiger partial charge in [-0.15, -0.1) is 11.3 Å². The Bertz CT molecular complexity index is 1340. The van der Waals surface area contributed by atoms with E-state index in [2.05, 4.69) is 9.97 Å². The Labute approximate surface area is 178 Å². The number of anilines is 1. The van der Waals surface area contributed by atoms with E-state index < -0.39 is 11.7 Å². The Morgan fingerprint density at radius 1 is 1.20 bits per heavy atom. The molecule has 8 nitrogen and oxygen atoms in total. The van der Waals surface area contributed by atoms with Gasteiger partial charge < -0.3 is 19.3 Å². The molecule has 0 aliphatic carbocycles. The molecule has 10 heteroatoms. The Balaban J connectivity index is 1.49. The number of piperazine rings is 1. The van der Waals surface area contributed by atoms with Gasteiger partial charge in [-0.3, -0.25) is 0 Å². The highest BCUT2D eigenvalue weighted by Gasteiger charge is 2.22. The summed E-state index contributed by atoms with van der Waals surface area (Å²) in [6.07, 6.45) is 0.733. The largest absolute Gasteiger partial charge is 0.465 e. The van der Waals surface area contributed by atoms with Gasteiger partial charge in [0, 0.05) is 43.8 Å². The minimum atomic E-state index is -0.921. The fraction of sp³-hybridized carbons (Fsp3) is 0.200. The molecule has 152 valence electrons. The van der Waals surface area contributed by atoms with Gasteiger partial charge in [0.05, 0.1) is 15.3 Å². The quantitative estimate of drug-likeness (QED) is 0.502. The van der Waals surface area contributed by atoms with E-state index in [1.807, 2.05) is 17.0 Å². The van der Waals surface area contributed by atoms with E-state index in [-0.39, 0.29) is 0 Å². The number of amides is 1. The summed E-state index contributed by atoms with van der Waals surface area (Å²) in [4.78, 5) is 36.1. The number of hydrogen-bond acceptors (Lipinski definition) is 7. The maximum Gasteiger partial charge on any atom is 0.407 e. The first-order valence-electron chi connectivity index (χ1n) is 9.22. The molecule has 1 aliphatic rings. The van der Waals surface area contributed by atoms with Gasteiger partial charge in [-0.2, -0.15) is 0 Å². The highest BCUT2D eigenvalue weighted by atomic mass is 35.5. The molecule has 1 amide bonds. The number of benzene rings is 1. The molecule has 0 saturated carbocycles. The Kier molecular flexibility index (Phi) is 4.56. The number of hydrogen-bond donors (Lipinski definition) is 1. The standard InChI is InChI=1S/C20H15ClN4O4S/c21-13-2-1-3-15-17(13)23-18(30-15)12-8-11-10-22-16(9-14(11)29-19(12)26)24-4-6-25(7-5-24)20(27)28/h1-3,8-10H,4-7H2,(H,27,28). The predicted octanol–water partition coefficient (Wildman–Crippen LogP) is 3.92. The van der Waals surface area contributed by atoms with Gasteiger partial charge >= 0.3 is 11.7 Å². The minimum Gasteiger partial charge on any atom is -0.465 e. The number of para-hydroxylation sites is 1. The number of carboxylic acid groups (broad SMARTS) is 1. The number of thiazole rings is 1. The lowest BCUT2D eigenvalue weighted by Gasteiger charge is -2.33. The first-order valence-corrected chi connectivity index (χ1v) is 10.4. The van der Waals surface area contributed by atoms with E-state index in [9.17, 15) is 9.59 Å². The van der Waals surface area contributed by atoms with Gasteiger partial charge in [-0.25, -0.2) is 19.6 Å². The molecular formula is C20H15ClN4O4S. The fourth-order valence-electron chi connectivity index (χ4n) is 3.48. The van der Waals surface area contributed by atoms with Crippen LogP contribution in [-0.4, -0.2) is 52.2 Å². The third-order valence-corrected chi connectivity index (χ3v) is 6.44. The van der Waals surface area contributed by atoms with E-state index in [1.165, 1.54) is 16.2 Å². The molecule has 0 radical (unpaired) electrons. The molecular weight excluding hydrogens is 428 g/mol. The molecule has 1 saturated heterocycles. The molecule has 5 rings (SSSR count). The number of nitrogens with zero attached hydrogens (tertiary/aromatic N) is 4. The normalized spacial score (nSPS) is 14.6. The zero-order valence-corrected chi connectivity index (χ0v) is 17.1. The molecule has 1 fully saturated rings. The number of halogens is 1. The minimum absolute atomic E-state index is 0.365. The van der Waals surface area contributed by atoms with Crippen molar-refractivity contribution in [1.29, 1.82) is 0 Å². The van der Waals surface area contributed by atoms with Crippen molar-refractivity contribution in [3.8, 4) is 10.6 Å². The fourth-order valence-corrected chi connectivity index (χ4v) is 4.75. The van der Waals surface area contributed by atoms with Gasteiger partial charge in [0.1, 0.15) is 21.9 Å². The number of aromatic nitrogens is 2. The van der Waals surface area contributed by atoms with E-state index >= 15 is 0 Å². The Morgan fingerprint density at radius 2 is 2.00 bits per heavy atom. The van der Waals surface area contributed by atoms with Crippen LogP contribution in [0.25, 0.3) is 31.8 Å². The van der Waals surface area contributed by atoms with Crippen molar-refractivity contribution in [1.82, 2.24) is 14.9 Å². The van der Waals surface area contributed by atoms with Crippen molar-refractivity contribution < 1.29 is 14.3 Å². The molecule has 1 aliphatic heterocycles. The molecule has 4 heterocycles. The topological polar surface area (TPSA) is 99.8 Å². The average molecular weight is 443 g/mol. The monoisotopic (exact) mass is 442 g/mol. The van der Waals surface area contributed by atoms with Gasteiger partial charge in [0.25, 0.3) is 0 Å². The van der Waals surface area contributed by atoms with E-state index in [1.54, 1.807) is 24.4 Å². The molecule has 30 heavy (non-hydrogen) atoms. The highest BCUT2D eigenvalue weighted by molar-refractivity contribution is 7.21. The van der Waals surface area contributed by atoms with Crippen molar-refractivity contribution in [3.05, 3.63) is 52.0 Å². The number of fused-ring (bicyclic) bond motifs is 2. The summed E-state index contributed by atoms with van der Waals surface area (Å²) in [6.45, 7) is 1.86. The van der Waals surface area contributed by atoms with Gasteiger partial charge in [-0.1, -0.05) is 17.7 Å². The number of rotatable bonds is 2. The third-order valence-electron chi connectivity index (χ3n) is 5.08. The van der Waals surface area contributed by atoms with Crippen LogP contribution in [0.5, 0.6) is 0 Å². The van der Waals surface area contributed by atoms with Crippen LogP contribution in [0.4, 0.5) is 10.6 Å². The van der Waals surface area contributed by atoms with E-state index in [0.29, 0.717) is 64.1 Å². The summed E-state index contributed by atoms with van der Waals surface area (Å²) in [5, 5.41) is 10.8. The predicted molar refractivity (Wildman–Crippen MR) is 116 cm³/mol. The molecule has 1 aromatic carbocycles. The summed E-state index contributed by atoms with van der Waals surface area (Å²) in [5.41, 5.74) is 0.969. The van der Waals surface area contributed by atoms with Gasteiger partial charge in [0.2, 0.25) is 0 Å². The second-order valence-electron chi connectivity index (χ2n) is 6.89. The average Bonchev–Trinajstić information content (AvgIpc) is 3.18. The van der Waals surface area contributed by atoms with Crippen LogP contribution in [0, 0.1) is 0 Å². The molecule has 0 unspecified atom stereocenters. The first-order chi connectivity index (χ1) is 14.5. The van der Waals surface area contributed by atoms with Gasteiger partial charge in [0.15, 0.2) is 0 Å². The zero-order chi connectivity index (χ0) is 20.8. The summed E-state index contributed by atoms with van der Waals surface area (Å²) in [6, 6.07) is 8.95. The summed E-state index contributed by atoms with van der Waals surface area (Å²) in [7, 11) is 0. The zero-order valence-electron chi connectivity index (χ0n) is 15.5. The Morgan fingerprint density at radius 3 is 2.73 bits per heavy atom. The summed E-state index contributed by atoms with van der Waals surface area (Å²) in [5.74, 6) is 0.648. The van der Waals surface area contributed by atoms with E-state index in [0.717, 1.165) is 4.70 Å². The molecule has 0 spiro atoms. The van der Waals surface area contributed by atoms with Crippen molar-refractivity contribution in [2.45, 2.75) is 0 Å². The first kappa shape index (κ1) is 18.8. The second kappa shape index (κ2) is 7.26. The summed E-state index contributed by atoms with van der Waals surface area (Å²) < 4.78 is 6.47. The summed E-state index contributed by atoms with van der Waals surface area (Å²) >= 11 is 7.58. The lowest BCUT2D eigenvalue weighted by Crippen LogP contribution is -2.48. The maximum atomic E-state index is 12.7. The van der Waals surface area contributed by atoms with Gasteiger partial charge in [-0.05, 0) is 18.2 Å². The van der Waals surface area contributed by atoms with Crippen molar-refractivity contribution >= 4 is 56.0 Å². The van der Waals surface area contributed by atoms with Crippen molar-refractivity contribution in [2.75, 3.05) is 31.1 Å². The molecule has 3 aromatic heterocycles. The van der Waals surface area contributed by atoms with Crippen LogP contribution in [-0.2, 0) is 0 Å². The third kappa shape index (κ3) is 3.25. The van der Waals surface area contributed by atoms with Crippen LogP contribution in [0.1, 0.15) is 0 Å². The van der Waals surface area contributed by atoms with Crippen LogP contribution < -0.4 is 10.5 Å². The van der Waals surface area contributed by atoms with Crippen LogP contribution in [0.3, 0.4) is 0 Å². The molecule has 0 atom stereocenters. The molecule has 4 aromatic rings. The smallest absolute Gasteiger partial charge is 0.407 e. The number of pyridine rings is 1. The maximum absolute atomic E-state index is 12.7. The van der Waals surface area contributed by atoms with Crippen LogP contribution in [0.2, 0.25) is 5.02 Å². The second-order valence-corrected chi connectivity index (χ2v) is 8.33. The molecule has 1 N–H and O–H groups in total. The lowest BCUT2D eigenvalue weighted by atomic mass is 10.2. The Hall–Kier alpha value is -3.17. The SMILES string of the molecule is O=C(O)N1CCN(c2cc3oc(=O)c(-c4nc5c(Cl)cccc5s4)cc3cn2)CC1. The molecule has 0 bridgehead atoms. The highest BCUT2D eigenvalue weighted by Crippen LogP contribution is 2.33. The van der Waals surface area contributed by atoms with Crippen molar-refractivity contribution in [2.24, 2.45) is 0 Å². The van der Waals surface area contributed by atoms with Crippen LogP contribution >= 0.6 is 22.9 Å². The number of carbonyl (C=O) groups is 1.